The van der Waals surface area contributed by atoms with E-state index in [9.17, 15) is 0 Å². The predicted molar refractivity (Wildman–Crippen MR) is 99.8 cm³/mol. The Labute approximate surface area is 153 Å². The Bertz CT molecular complexity index is 920. The molecule has 1 aromatic carbocycles. The van der Waals surface area contributed by atoms with Crippen LogP contribution in [0.1, 0.15) is 4.88 Å². The number of benzene rings is 1. The van der Waals surface area contributed by atoms with Crippen molar-refractivity contribution < 1.29 is 14.2 Å². The number of H-pyrrole nitrogens is 1. The summed E-state index contributed by atoms with van der Waals surface area (Å²) in [7, 11) is 4.68. The lowest BCUT2D eigenvalue weighted by molar-refractivity contribution is 0.324. The molecule has 0 aliphatic rings. The minimum atomic E-state index is 0.386. The number of ether oxygens (including phenoxy) is 3. The van der Waals surface area contributed by atoms with Crippen LogP contribution in [0, 0.1) is 4.77 Å². The van der Waals surface area contributed by atoms with Gasteiger partial charge in [-0.1, -0.05) is 6.07 Å². The van der Waals surface area contributed by atoms with E-state index in [0.717, 1.165) is 10.4 Å². The number of thiophene rings is 1. The fraction of sp³-hybridized carbons (Fsp3) is 0.188. The van der Waals surface area contributed by atoms with Crippen LogP contribution in [0.25, 0.3) is 11.4 Å². The molecule has 2 aromatic heterocycles. The lowest BCUT2D eigenvalue weighted by atomic mass is 10.1. The van der Waals surface area contributed by atoms with Gasteiger partial charge in [-0.05, 0) is 35.8 Å². The van der Waals surface area contributed by atoms with Crippen LogP contribution in [-0.4, -0.2) is 42.4 Å². The fourth-order valence-corrected chi connectivity index (χ4v) is 3.03. The van der Waals surface area contributed by atoms with Gasteiger partial charge < -0.3 is 14.2 Å². The van der Waals surface area contributed by atoms with E-state index in [4.69, 9.17) is 26.4 Å². The predicted octanol–water partition coefficient (Wildman–Crippen LogP) is 3.58. The third-order valence-corrected chi connectivity index (χ3v) is 4.49. The Kier molecular flexibility index (Phi) is 5.15. The van der Waals surface area contributed by atoms with Gasteiger partial charge in [-0.25, -0.2) is 5.10 Å². The number of aromatic amines is 1. The molecule has 25 heavy (non-hydrogen) atoms. The van der Waals surface area contributed by atoms with Crippen molar-refractivity contribution in [2.45, 2.75) is 0 Å². The van der Waals surface area contributed by atoms with Crippen LogP contribution in [0.5, 0.6) is 17.2 Å². The number of nitrogens with one attached hydrogen (secondary N) is 1. The van der Waals surface area contributed by atoms with Crippen LogP contribution in [0.4, 0.5) is 0 Å². The lowest BCUT2D eigenvalue weighted by Crippen LogP contribution is -1.98. The quantitative estimate of drug-likeness (QED) is 0.526. The second-order valence-corrected chi connectivity index (χ2v) is 6.20. The third-order valence-electron chi connectivity index (χ3n) is 3.42. The van der Waals surface area contributed by atoms with Crippen LogP contribution < -0.4 is 14.2 Å². The third kappa shape index (κ3) is 3.42. The molecule has 0 saturated carbocycles. The average Bonchev–Trinajstić information content (AvgIpc) is 3.28. The van der Waals surface area contributed by atoms with Gasteiger partial charge in [0.05, 0.1) is 27.5 Å². The SMILES string of the molecule is COc1cc(-c2n[nH]c(=S)n2N=Cc2cccs2)cc(OC)c1OC. The largest absolute Gasteiger partial charge is 0.493 e. The maximum Gasteiger partial charge on any atom is 0.216 e. The number of nitrogens with zero attached hydrogens (tertiary/aromatic N) is 3. The monoisotopic (exact) mass is 376 g/mol. The minimum absolute atomic E-state index is 0.386. The second-order valence-electron chi connectivity index (χ2n) is 4.84. The van der Waals surface area contributed by atoms with Gasteiger partial charge in [0.25, 0.3) is 0 Å². The van der Waals surface area contributed by atoms with Crippen molar-refractivity contribution in [3.05, 3.63) is 39.3 Å². The molecule has 3 rings (SSSR count). The van der Waals surface area contributed by atoms with Gasteiger partial charge in [0.1, 0.15) is 0 Å². The molecular formula is C16H16N4O3S2. The molecule has 0 atom stereocenters. The highest BCUT2D eigenvalue weighted by atomic mass is 32.1. The standard InChI is InChI=1S/C16H16N4O3S2/c1-21-12-7-10(8-13(22-2)14(12)23-3)15-18-19-16(24)20(15)17-9-11-5-4-6-25-11/h4-9H,1-3H3,(H,19,24). The van der Waals surface area contributed by atoms with E-state index in [0.29, 0.717) is 27.8 Å². The summed E-state index contributed by atoms with van der Waals surface area (Å²) in [5.41, 5.74) is 0.727. The first kappa shape index (κ1) is 17.2. The van der Waals surface area contributed by atoms with Gasteiger partial charge in [0, 0.05) is 10.4 Å². The highest BCUT2D eigenvalue weighted by Crippen LogP contribution is 2.40. The van der Waals surface area contributed by atoms with Gasteiger partial charge >= 0.3 is 0 Å². The van der Waals surface area contributed by atoms with Crippen molar-refractivity contribution in [2.24, 2.45) is 5.10 Å². The molecule has 0 spiro atoms. The highest BCUT2D eigenvalue weighted by molar-refractivity contribution is 7.71. The topological polar surface area (TPSA) is 73.7 Å². The van der Waals surface area contributed by atoms with Crippen LogP contribution in [0.2, 0.25) is 0 Å². The summed E-state index contributed by atoms with van der Waals surface area (Å²) < 4.78 is 18.1. The van der Waals surface area contributed by atoms with Crippen molar-refractivity contribution in [1.29, 1.82) is 0 Å². The molecule has 0 amide bonds. The number of hydrogen-bond acceptors (Lipinski definition) is 7. The molecule has 0 saturated heterocycles. The molecule has 130 valence electrons. The number of hydrogen-bond donors (Lipinski definition) is 1. The molecule has 0 unspecified atom stereocenters. The van der Waals surface area contributed by atoms with Gasteiger partial charge in [-0.15, -0.1) is 11.3 Å². The first-order valence-electron chi connectivity index (χ1n) is 7.23. The van der Waals surface area contributed by atoms with E-state index in [2.05, 4.69) is 15.3 Å². The molecule has 1 N–H and O–H groups in total. The van der Waals surface area contributed by atoms with Gasteiger partial charge in [0.15, 0.2) is 17.3 Å². The number of rotatable bonds is 6. The summed E-state index contributed by atoms with van der Waals surface area (Å²) in [4.78, 5) is 1.01. The van der Waals surface area contributed by atoms with Crippen molar-refractivity contribution in [3.63, 3.8) is 0 Å². The molecule has 0 bridgehead atoms. The van der Waals surface area contributed by atoms with Gasteiger partial charge in [0.2, 0.25) is 10.5 Å². The molecule has 0 aliphatic carbocycles. The molecule has 2 heterocycles. The Morgan fingerprint density at radius 2 is 1.92 bits per heavy atom. The molecule has 0 fully saturated rings. The van der Waals surface area contributed by atoms with E-state index in [-0.39, 0.29) is 0 Å². The summed E-state index contributed by atoms with van der Waals surface area (Å²) >= 11 is 6.87. The maximum absolute atomic E-state index is 5.39. The minimum Gasteiger partial charge on any atom is -0.493 e. The normalized spacial score (nSPS) is 11.0. The Balaban J connectivity index is 2.10. The molecule has 0 aliphatic heterocycles. The lowest BCUT2D eigenvalue weighted by Gasteiger charge is -2.13. The molecule has 9 heteroatoms. The van der Waals surface area contributed by atoms with Gasteiger partial charge in [-0.3, -0.25) is 0 Å². The maximum atomic E-state index is 5.39. The van der Waals surface area contributed by atoms with E-state index in [1.165, 1.54) is 0 Å². The van der Waals surface area contributed by atoms with E-state index in [1.54, 1.807) is 55.7 Å². The first-order valence-corrected chi connectivity index (χ1v) is 8.52. The Morgan fingerprint density at radius 1 is 1.20 bits per heavy atom. The summed E-state index contributed by atoms with van der Waals surface area (Å²) in [6, 6.07) is 7.52. The van der Waals surface area contributed by atoms with E-state index < -0.39 is 0 Å². The number of methoxy groups -OCH3 is 3. The first-order chi connectivity index (χ1) is 12.2. The molecular weight excluding hydrogens is 360 g/mol. The molecule has 7 nitrogen and oxygen atoms in total. The van der Waals surface area contributed by atoms with Crippen molar-refractivity contribution in [2.75, 3.05) is 21.3 Å². The summed E-state index contributed by atoms with van der Waals surface area (Å²) in [6.45, 7) is 0. The van der Waals surface area contributed by atoms with Crippen molar-refractivity contribution in [3.8, 4) is 28.6 Å². The zero-order chi connectivity index (χ0) is 17.8. The zero-order valence-corrected chi connectivity index (χ0v) is 15.5. The van der Waals surface area contributed by atoms with Crippen LogP contribution in [0.15, 0.2) is 34.7 Å². The fourth-order valence-electron chi connectivity index (χ4n) is 2.28. The van der Waals surface area contributed by atoms with Crippen LogP contribution in [0.3, 0.4) is 0 Å². The van der Waals surface area contributed by atoms with Crippen molar-refractivity contribution in [1.82, 2.24) is 14.9 Å². The number of aromatic nitrogens is 3. The molecule has 0 radical (unpaired) electrons. The Morgan fingerprint density at radius 3 is 2.48 bits per heavy atom. The average molecular weight is 376 g/mol. The Hall–Kier alpha value is -2.65. The second kappa shape index (κ2) is 7.49. The van der Waals surface area contributed by atoms with Crippen LogP contribution >= 0.6 is 23.6 Å². The zero-order valence-electron chi connectivity index (χ0n) is 13.8. The van der Waals surface area contributed by atoms with E-state index >= 15 is 0 Å². The smallest absolute Gasteiger partial charge is 0.216 e. The summed E-state index contributed by atoms with van der Waals surface area (Å²) in [5, 5.41) is 13.4. The van der Waals surface area contributed by atoms with E-state index in [1.807, 2.05) is 17.5 Å². The van der Waals surface area contributed by atoms with Crippen LogP contribution in [-0.2, 0) is 0 Å². The highest BCUT2D eigenvalue weighted by Gasteiger charge is 2.17. The summed E-state index contributed by atoms with van der Waals surface area (Å²) in [6.07, 6.45) is 1.73. The van der Waals surface area contributed by atoms with Gasteiger partial charge in [-0.2, -0.15) is 14.9 Å². The van der Waals surface area contributed by atoms with Crippen molar-refractivity contribution >= 4 is 29.8 Å². The molecule has 3 aromatic rings. The summed E-state index contributed by atoms with van der Waals surface area (Å²) in [5.74, 6) is 2.10.